The Balaban J connectivity index is 2.29. The first-order valence-electron chi connectivity index (χ1n) is 5.55. The first-order chi connectivity index (χ1) is 9.61. The monoisotopic (exact) mass is 309 g/mol. The van der Waals surface area contributed by atoms with Crippen molar-refractivity contribution in [2.45, 2.75) is 0 Å². The molecule has 102 valence electrons. The van der Waals surface area contributed by atoms with Crippen LogP contribution in [0.25, 0.3) is 0 Å². The third-order valence-electron chi connectivity index (χ3n) is 2.39. The Kier molecular flexibility index (Phi) is 4.70. The van der Waals surface area contributed by atoms with E-state index in [1.165, 1.54) is 12.3 Å². The van der Waals surface area contributed by atoms with Crippen LogP contribution in [0.2, 0.25) is 10.2 Å². The smallest absolute Gasteiger partial charge is 0.260 e. The minimum atomic E-state index is -0.418. The van der Waals surface area contributed by atoms with Crippen LogP contribution in [0.4, 0.5) is 5.69 Å². The number of hydrogen-bond donors (Lipinski definition) is 2. The summed E-state index contributed by atoms with van der Waals surface area (Å²) in [5.41, 5.74) is 1.19. The predicted octanol–water partition coefficient (Wildman–Crippen LogP) is 3.18. The van der Waals surface area contributed by atoms with Crippen LogP contribution in [0.1, 0.15) is 15.9 Å². The van der Waals surface area contributed by atoms with E-state index in [-0.39, 0.29) is 17.4 Å². The Morgan fingerprint density at radius 2 is 2.15 bits per heavy atom. The quantitative estimate of drug-likeness (QED) is 0.837. The number of benzene rings is 1. The molecule has 0 saturated carbocycles. The molecule has 0 aliphatic heterocycles. The molecule has 0 aliphatic rings. The normalized spacial score (nSPS) is 9.75. The van der Waals surface area contributed by atoms with Gasteiger partial charge in [-0.05, 0) is 35.9 Å². The van der Waals surface area contributed by atoms with Gasteiger partial charge in [0.25, 0.3) is 5.91 Å². The van der Waals surface area contributed by atoms with Crippen LogP contribution < -0.4 is 5.32 Å². The minimum Gasteiger partial charge on any atom is -0.452 e. The molecule has 20 heavy (non-hydrogen) atoms. The summed E-state index contributed by atoms with van der Waals surface area (Å²) in [5.74, 6) is 4.80. The number of carbonyl (C=O) groups is 1. The fraction of sp³-hybridized carbons (Fsp3) is 0.0714. The van der Waals surface area contributed by atoms with Crippen LogP contribution in [0.3, 0.4) is 0 Å². The molecule has 0 fully saturated rings. The highest BCUT2D eigenvalue weighted by atomic mass is 35.5. The number of amides is 1. The third-order valence-corrected chi connectivity index (χ3v) is 2.92. The molecule has 0 radical (unpaired) electrons. The van der Waals surface area contributed by atoms with Crippen molar-refractivity contribution in [3.8, 4) is 11.8 Å². The SMILES string of the molecule is O=C(Nc1ccc(Cl)cc1C#CCO)c1ccoc1Cl. The number of nitrogens with one attached hydrogen (secondary N) is 1. The van der Waals surface area contributed by atoms with E-state index in [1.807, 2.05) is 0 Å². The lowest BCUT2D eigenvalue weighted by molar-refractivity contribution is 0.102. The van der Waals surface area contributed by atoms with Crippen molar-refractivity contribution >= 4 is 34.8 Å². The van der Waals surface area contributed by atoms with Gasteiger partial charge in [0.15, 0.2) is 0 Å². The molecule has 2 rings (SSSR count). The molecule has 0 saturated heterocycles. The average Bonchev–Trinajstić information content (AvgIpc) is 2.85. The lowest BCUT2D eigenvalue weighted by Crippen LogP contribution is -2.12. The van der Waals surface area contributed by atoms with Crippen LogP contribution in [-0.4, -0.2) is 17.6 Å². The van der Waals surface area contributed by atoms with Gasteiger partial charge in [-0.3, -0.25) is 4.79 Å². The molecule has 1 aromatic heterocycles. The van der Waals surface area contributed by atoms with Gasteiger partial charge in [-0.25, -0.2) is 0 Å². The second-order valence-corrected chi connectivity index (χ2v) is 4.49. The van der Waals surface area contributed by atoms with Crippen molar-refractivity contribution in [2.75, 3.05) is 11.9 Å². The molecule has 0 atom stereocenters. The summed E-state index contributed by atoms with van der Waals surface area (Å²) >= 11 is 11.6. The number of aliphatic hydroxyl groups excluding tert-OH is 1. The highest BCUT2D eigenvalue weighted by Crippen LogP contribution is 2.22. The highest BCUT2D eigenvalue weighted by Gasteiger charge is 2.14. The van der Waals surface area contributed by atoms with E-state index in [4.69, 9.17) is 32.7 Å². The molecular formula is C14H9Cl2NO3. The summed E-state index contributed by atoms with van der Waals surface area (Å²) in [7, 11) is 0. The molecule has 2 N–H and O–H groups in total. The van der Waals surface area contributed by atoms with E-state index in [0.717, 1.165) is 0 Å². The number of hydrogen-bond acceptors (Lipinski definition) is 3. The molecule has 1 heterocycles. The largest absolute Gasteiger partial charge is 0.452 e. The van der Waals surface area contributed by atoms with Gasteiger partial charge < -0.3 is 14.8 Å². The van der Waals surface area contributed by atoms with Crippen molar-refractivity contribution in [3.63, 3.8) is 0 Å². The van der Waals surface area contributed by atoms with Gasteiger partial charge in [0.1, 0.15) is 6.61 Å². The molecule has 2 aromatic rings. The Morgan fingerprint density at radius 1 is 1.35 bits per heavy atom. The lowest BCUT2D eigenvalue weighted by Gasteiger charge is -2.07. The fourth-order valence-corrected chi connectivity index (χ4v) is 1.88. The summed E-state index contributed by atoms with van der Waals surface area (Å²) in [4.78, 5) is 12.0. The fourth-order valence-electron chi connectivity index (χ4n) is 1.51. The second-order valence-electron chi connectivity index (χ2n) is 3.71. The van der Waals surface area contributed by atoms with E-state index < -0.39 is 5.91 Å². The van der Waals surface area contributed by atoms with E-state index in [9.17, 15) is 4.79 Å². The van der Waals surface area contributed by atoms with Gasteiger partial charge in [0.2, 0.25) is 5.22 Å². The van der Waals surface area contributed by atoms with E-state index in [2.05, 4.69) is 17.2 Å². The van der Waals surface area contributed by atoms with E-state index in [0.29, 0.717) is 16.3 Å². The Morgan fingerprint density at radius 3 is 2.80 bits per heavy atom. The van der Waals surface area contributed by atoms with Crippen LogP contribution in [0.15, 0.2) is 34.9 Å². The number of carbonyl (C=O) groups excluding carboxylic acids is 1. The molecule has 0 unspecified atom stereocenters. The Labute approximate surface area is 125 Å². The number of furan rings is 1. The van der Waals surface area contributed by atoms with Gasteiger partial charge in [-0.2, -0.15) is 0 Å². The van der Waals surface area contributed by atoms with E-state index in [1.54, 1.807) is 18.2 Å². The van der Waals surface area contributed by atoms with Crippen LogP contribution in [-0.2, 0) is 0 Å². The zero-order chi connectivity index (χ0) is 14.5. The molecule has 6 heteroatoms. The van der Waals surface area contributed by atoms with Crippen molar-refractivity contribution in [1.82, 2.24) is 0 Å². The van der Waals surface area contributed by atoms with Gasteiger partial charge in [-0.15, -0.1) is 0 Å². The summed E-state index contributed by atoms with van der Waals surface area (Å²) < 4.78 is 4.86. The first kappa shape index (κ1) is 14.5. The summed E-state index contributed by atoms with van der Waals surface area (Å²) in [6, 6.07) is 6.30. The molecule has 0 aliphatic carbocycles. The van der Waals surface area contributed by atoms with Gasteiger partial charge in [-0.1, -0.05) is 23.4 Å². The molecule has 0 bridgehead atoms. The summed E-state index contributed by atoms with van der Waals surface area (Å²) in [5, 5.41) is 11.9. The minimum absolute atomic E-state index is 0.0134. The van der Waals surface area contributed by atoms with Crippen molar-refractivity contribution < 1.29 is 14.3 Å². The van der Waals surface area contributed by atoms with Crippen LogP contribution >= 0.6 is 23.2 Å². The van der Waals surface area contributed by atoms with E-state index >= 15 is 0 Å². The summed E-state index contributed by atoms with van der Waals surface area (Å²) in [6.07, 6.45) is 1.32. The Bertz CT molecular complexity index is 698. The first-order valence-corrected chi connectivity index (χ1v) is 6.31. The highest BCUT2D eigenvalue weighted by molar-refractivity contribution is 6.33. The third kappa shape index (κ3) is 3.34. The van der Waals surface area contributed by atoms with Gasteiger partial charge in [0, 0.05) is 10.6 Å². The number of halogens is 2. The average molecular weight is 310 g/mol. The zero-order valence-corrected chi connectivity index (χ0v) is 11.6. The van der Waals surface area contributed by atoms with Crippen LogP contribution in [0.5, 0.6) is 0 Å². The molecule has 0 spiro atoms. The van der Waals surface area contributed by atoms with Crippen LogP contribution in [0, 0.1) is 11.8 Å². The molecule has 1 amide bonds. The van der Waals surface area contributed by atoms with Gasteiger partial charge in [0.05, 0.1) is 17.5 Å². The number of rotatable bonds is 2. The molecular weight excluding hydrogens is 301 g/mol. The number of anilines is 1. The number of aliphatic hydroxyl groups is 1. The second kappa shape index (κ2) is 6.49. The van der Waals surface area contributed by atoms with Crippen molar-refractivity contribution in [2.24, 2.45) is 0 Å². The zero-order valence-electron chi connectivity index (χ0n) is 10.1. The van der Waals surface area contributed by atoms with Crippen molar-refractivity contribution in [3.05, 3.63) is 51.9 Å². The maximum absolute atomic E-state index is 12.0. The predicted molar refractivity (Wildman–Crippen MR) is 77.1 cm³/mol. The Hall–Kier alpha value is -1.93. The topological polar surface area (TPSA) is 62.5 Å². The van der Waals surface area contributed by atoms with Crippen molar-refractivity contribution in [1.29, 1.82) is 0 Å². The summed E-state index contributed by atoms with van der Waals surface area (Å²) in [6.45, 7) is -0.284. The maximum Gasteiger partial charge on any atom is 0.260 e. The molecule has 1 aromatic carbocycles. The lowest BCUT2D eigenvalue weighted by atomic mass is 10.1. The standard InChI is InChI=1S/C14H9Cl2NO3/c15-10-3-4-12(9(8-10)2-1-6-18)17-14(19)11-5-7-20-13(11)16/h3-5,7-8,18H,6H2,(H,17,19). The van der Waals surface area contributed by atoms with Gasteiger partial charge >= 0.3 is 0 Å². The maximum atomic E-state index is 12.0. The molecule has 4 nitrogen and oxygen atoms in total.